The van der Waals surface area contributed by atoms with E-state index in [1.54, 1.807) is 6.20 Å². The van der Waals surface area contributed by atoms with Crippen LogP contribution in [0.1, 0.15) is 17.7 Å². The number of rotatable bonds is 5. The van der Waals surface area contributed by atoms with Gasteiger partial charge in [0.15, 0.2) is 0 Å². The summed E-state index contributed by atoms with van der Waals surface area (Å²) in [5.41, 5.74) is 1.36. The highest BCUT2D eigenvalue weighted by atomic mass is 16.3. The van der Waals surface area contributed by atoms with E-state index in [1.165, 1.54) is 0 Å². The fourth-order valence-corrected chi connectivity index (χ4v) is 1.11. The van der Waals surface area contributed by atoms with Crippen LogP contribution in [0.2, 0.25) is 0 Å². The van der Waals surface area contributed by atoms with Gasteiger partial charge in [0.1, 0.15) is 11.8 Å². The lowest BCUT2D eigenvalue weighted by atomic mass is 10.2. The van der Waals surface area contributed by atoms with Gasteiger partial charge in [-0.15, -0.1) is 0 Å². The second-order valence-corrected chi connectivity index (χ2v) is 2.88. The summed E-state index contributed by atoms with van der Waals surface area (Å²) < 4.78 is 0. The Morgan fingerprint density at radius 1 is 1.57 bits per heavy atom. The maximum absolute atomic E-state index is 8.74. The molecule has 0 amide bonds. The molecule has 0 aliphatic carbocycles. The van der Waals surface area contributed by atoms with Gasteiger partial charge < -0.3 is 10.4 Å². The SMILES string of the molecule is N#Cc1ncccc1CNCCCO. The molecule has 1 rings (SSSR count). The van der Waals surface area contributed by atoms with Crippen molar-refractivity contribution in [3.8, 4) is 6.07 Å². The third-order valence-electron chi connectivity index (χ3n) is 1.82. The highest BCUT2D eigenvalue weighted by molar-refractivity contribution is 5.30. The summed E-state index contributed by atoms with van der Waals surface area (Å²) in [7, 11) is 0. The standard InChI is InChI=1S/C10H13N3O/c11-7-10-9(3-1-5-13-10)8-12-4-2-6-14/h1,3,5,12,14H,2,4,6,8H2. The molecule has 4 nitrogen and oxygen atoms in total. The summed E-state index contributed by atoms with van der Waals surface area (Å²) in [5, 5.41) is 20.4. The first kappa shape index (κ1) is 10.6. The van der Waals surface area contributed by atoms with Crippen LogP contribution in [0.5, 0.6) is 0 Å². The van der Waals surface area contributed by atoms with Crippen LogP contribution < -0.4 is 5.32 Å². The molecule has 0 saturated carbocycles. The molecule has 0 unspecified atom stereocenters. The predicted molar refractivity (Wildman–Crippen MR) is 52.4 cm³/mol. The third kappa shape index (κ3) is 3.13. The summed E-state index contributed by atoms with van der Waals surface area (Å²) >= 11 is 0. The van der Waals surface area contributed by atoms with Crippen molar-refractivity contribution >= 4 is 0 Å². The van der Waals surface area contributed by atoms with Crippen molar-refractivity contribution in [2.24, 2.45) is 0 Å². The summed E-state index contributed by atoms with van der Waals surface area (Å²) in [6, 6.07) is 5.72. The van der Waals surface area contributed by atoms with E-state index >= 15 is 0 Å². The van der Waals surface area contributed by atoms with Crippen LogP contribution in [-0.2, 0) is 6.54 Å². The number of nitrogens with one attached hydrogen (secondary N) is 1. The molecule has 1 heterocycles. The molecule has 2 N–H and O–H groups in total. The van der Waals surface area contributed by atoms with Gasteiger partial charge in [-0.2, -0.15) is 5.26 Å². The van der Waals surface area contributed by atoms with Crippen LogP contribution in [0.15, 0.2) is 18.3 Å². The summed E-state index contributed by atoms with van der Waals surface area (Å²) in [6.45, 7) is 1.55. The van der Waals surface area contributed by atoms with E-state index in [4.69, 9.17) is 10.4 Å². The summed E-state index contributed by atoms with van der Waals surface area (Å²) in [5.74, 6) is 0. The summed E-state index contributed by atoms with van der Waals surface area (Å²) in [4.78, 5) is 3.95. The molecular formula is C10H13N3O. The van der Waals surface area contributed by atoms with E-state index in [1.807, 2.05) is 18.2 Å². The number of aromatic nitrogens is 1. The normalized spacial score (nSPS) is 9.71. The fourth-order valence-electron chi connectivity index (χ4n) is 1.11. The first-order valence-electron chi connectivity index (χ1n) is 4.54. The van der Waals surface area contributed by atoms with Crippen molar-refractivity contribution in [1.82, 2.24) is 10.3 Å². The van der Waals surface area contributed by atoms with E-state index in [0.717, 1.165) is 18.5 Å². The number of aliphatic hydroxyl groups excluding tert-OH is 1. The Kier molecular flexibility index (Phi) is 4.62. The van der Waals surface area contributed by atoms with Gasteiger partial charge in [-0.1, -0.05) is 6.07 Å². The molecular weight excluding hydrogens is 178 g/mol. The Labute approximate surface area is 83.2 Å². The van der Waals surface area contributed by atoms with E-state index in [9.17, 15) is 0 Å². The van der Waals surface area contributed by atoms with E-state index < -0.39 is 0 Å². The number of pyridine rings is 1. The molecule has 1 aromatic rings. The van der Waals surface area contributed by atoms with Crippen molar-refractivity contribution < 1.29 is 5.11 Å². The zero-order valence-corrected chi connectivity index (χ0v) is 7.90. The van der Waals surface area contributed by atoms with Crippen LogP contribution in [-0.4, -0.2) is 23.2 Å². The van der Waals surface area contributed by atoms with Crippen LogP contribution >= 0.6 is 0 Å². The predicted octanol–water partition coefficient (Wildman–Crippen LogP) is 0.425. The van der Waals surface area contributed by atoms with Crippen LogP contribution in [0.4, 0.5) is 0 Å². The molecule has 0 saturated heterocycles. The topological polar surface area (TPSA) is 68.9 Å². The van der Waals surface area contributed by atoms with Crippen molar-refractivity contribution in [2.45, 2.75) is 13.0 Å². The Balaban J connectivity index is 2.46. The van der Waals surface area contributed by atoms with Gasteiger partial charge in [-0.25, -0.2) is 4.98 Å². The lowest BCUT2D eigenvalue weighted by Gasteiger charge is -2.04. The van der Waals surface area contributed by atoms with Gasteiger partial charge in [-0.05, 0) is 19.0 Å². The Morgan fingerprint density at radius 2 is 2.43 bits per heavy atom. The largest absolute Gasteiger partial charge is 0.396 e. The molecule has 0 radical (unpaired) electrons. The lowest BCUT2D eigenvalue weighted by Crippen LogP contribution is -2.16. The molecule has 1 aromatic heterocycles. The maximum atomic E-state index is 8.74. The third-order valence-corrected chi connectivity index (χ3v) is 1.82. The second-order valence-electron chi connectivity index (χ2n) is 2.88. The molecule has 0 spiro atoms. The van der Waals surface area contributed by atoms with Crippen LogP contribution in [0.3, 0.4) is 0 Å². The zero-order chi connectivity index (χ0) is 10.2. The number of hydrogen-bond acceptors (Lipinski definition) is 4. The average molecular weight is 191 g/mol. The quantitative estimate of drug-likeness (QED) is 0.662. The van der Waals surface area contributed by atoms with Gasteiger partial charge in [0, 0.05) is 24.9 Å². The van der Waals surface area contributed by atoms with Crippen molar-refractivity contribution in [1.29, 1.82) is 5.26 Å². The molecule has 0 atom stereocenters. The maximum Gasteiger partial charge on any atom is 0.144 e. The molecule has 14 heavy (non-hydrogen) atoms. The van der Waals surface area contributed by atoms with E-state index in [0.29, 0.717) is 12.2 Å². The number of hydrogen-bond donors (Lipinski definition) is 2. The van der Waals surface area contributed by atoms with Gasteiger partial charge >= 0.3 is 0 Å². The highest BCUT2D eigenvalue weighted by Gasteiger charge is 2.00. The van der Waals surface area contributed by atoms with E-state index in [2.05, 4.69) is 10.3 Å². The molecule has 0 fully saturated rings. The Hall–Kier alpha value is -1.44. The number of aliphatic hydroxyl groups is 1. The first-order chi connectivity index (χ1) is 6.88. The fraction of sp³-hybridized carbons (Fsp3) is 0.400. The monoisotopic (exact) mass is 191 g/mol. The average Bonchev–Trinajstić information content (AvgIpc) is 2.25. The molecule has 0 aliphatic heterocycles. The molecule has 4 heteroatoms. The minimum atomic E-state index is 0.186. The van der Waals surface area contributed by atoms with Crippen molar-refractivity contribution in [3.05, 3.63) is 29.6 Å². The number of nitriles is 1. The minimum absolute atomic E-state index is 0.186. The van der Waals surface area contributed by atoms with Gasteiger partial charge in [0.25, 0.3) is 0 Å². The number of nitrogens with zero attached hydrogens (tertiary/aromatic N) is 2. The van der Waals surface area contributed by atoms with Gasteiger partial charge in [0.05, 0.1) is 0 Å². The van der Waals surface area contributed by atoms with Gasteiger partial charge in [0.2, 0.25) is 0 Å². The molecule has 74 valence electrons. The van der Waals surface area contributed by atoms with E-state index in [-0.39, 0.29) is 6.61 Å². The Bertz CT molecular complexity index is 319. The van der Waals surface area contributed by atoms with Crippen LogP contribution in [0.25, 0.3) is 0 Å². The lowest BCUT2D eigenvalue weighted by molar-refractivity contribution is 0.286. The van der Waals surface area contributed by atoms with Gasteiger partial charge in [-0.3, -0.25) is 0 Å². The molecule has 0 aliphatic rings. The minimum Gasteiger partial charge on any atom is -0.396 e. The van der Waals surface area contributed by atoms with Crippen molar-refractivity contribution in [2.75, 3.05) is 13.2 Å². The second kappa shape index (κ2) is 6.08. The van der Waals surface area contributed by atoms with Crippen molar-refractivity contribution in [3.63, 3.8) is 0 Å². The Morgan fingerprint density at radius 3 is 3.14 bits per heavy atom. The first-order valence-corrected chi connectivity index (χ1v) is 4.54. The zero-order valence-electron chi connectivity index (χ0n) is 7.90. The summed E-state index contributed by atoms with van der Waals surface area (Å²) in [6.07, 6.45) is 2.33. The molecule has 0 bridgehead atoms. The molecule has 0 aromatic carbocycles. The highest BCUT2D eigenvalue weighted by Crippen LogP contribution is 2.02. The van der Waals surface area contributed by atoms with Crippen LogP contribution in [0, 0.1) is 11.3 Å². The smallest absolute Gasteiger partial charge is 0.144 e.